The van der Waals surface area contributed by atoms with E-state index in [4.69, 9.17) is 5.14 Å². The summed E-state index contributed by atoms with van der Waals surface area (Å²) in [5.74, 6) is -0.0778. The van der Waals surface area contributed by atoms with Gasteiger partial charge in [-0.15, -0.1) is 0 Å². The Bertz CT molecular complexity index is 509. The van der Waals surface area contributed by atoms with Gasteiger partial charge < -0.3 is 0 Å². The molecule has 1 aromatic carbocycles. The van der Waals surface area contributed by atoms with Crippen molar-refractivity contribution < 1.29 is 8.42 Å². The Kier molecular flexibility index (Phi) is 10.2. The molecule has 0 saturated carbocycles. The molecule has 132 valence electrons. The zero-order chi connectivity index (χ0) is 17.0. The number of hydrogen-bond donors (Lipinski definition) is 1. The van der Waals surface area contributed by atoms with Gasteiger partial charge in [-0.25, -0.2) is 13.6 Å². The molecule has 0 amide bonds. The lowest BCUT2D eigenvalue weighted by Crippen LogP contribution is -2.14. The van der Waals surface area contributed by atoms with Gasteiger partial charge >= 0.3 is 0 Å². The average molecular weight is 340 g/mol. The van der Waals surface area contributed by atoms with Crippen molar-refractivity contribution in [1.29, 1.82) is 0 Å². The smallest absolute Gasteiger partial charge is 0.213 e. The van der Waals surface area contributed by atoms with Crippen LogP contribution in [0, 0.1) is 0 Å². The van der Waals surface area contributed by atoms with Gasteiger partial charge in [0.05, 0.1) is 5.75 Å². The summed E-state index contributed by atoms with van der Waals surface area (Å²) in [5, 5.41) is 5.05. The van der Waals surface area contributed by atoms with E-state index < -0.39 is 10.0 Å². The molecule has 0 aliphatic carbocycles. The van der Waals surface area contributed by atoms with Crippen LogP contribution in [0.25, 0.3) is 0 Å². The van der Waals surface area contributed by atoms with Crippen LogP contribution in [0.3, 0.4) is 0 Å². The van der Waals surface area contributed by atoms with Gasteiger partial charge in [0.1, 0.15) is 0 Å². The summed E-state index contributed by atoms with van der Waals surface area (Å²) < 4.78 is 22.1. The molecule has 0 aliphatic heterocycles. The predicted molar refractivity (Wildman–Crippen MR) is 98.8 cm³/mol. The first-order valence-corrected chi connectivity index (χ1v) is 10.8. The summed E-state index contributed by atoms with van der Waals surface area (Å²) in [4.78, 5) is 0. The van der Waals surface area contributed by atoms with Crippen LogP contribution in [-0.2, 0) is 22.2 Å². The molecule has 0 spiro atoms. The van der Waals surface area contributed by atoms with Crippen molar-refractivity contribution in [3.05, 3.63) is 35.4 Å². The third-order valence-corrected chi connectivity index (χ3v) is 4.95. The molecule has 0 heterocycles. The monoisotopic (exact) mass is 339 g/mol. The molecule has 1 aromatic rings. The third kappa shape index (κ3) is 11.3. The van der Waals surface area contributed by atoms with Gasteiger partial charge in [-0.2, -0.15) is 0 Å². The molecule has 0 fully saturated rings. The topological polar surface area (TPSA) is 60.2 Å². The summed E-state index contributed by atoms with van der Waals surface area (Å²) in [7, 11) is -3.43. The first-order chi connectivity index (χ1) is 11.0. The van der Waals surface area contributed by atoms with Crippen LogP contribution in [0.1, 0.15) is 82.3 Å². The molecule has 0 unspecified atom stereocenters. The minimum atomic E-state index is -3.43. The molecule has 0 radical (unpaired) electrons. The highest BCUT2D eigenvalue weighted by atomic mass is 32.2. The molecule has 0 saturated heterocycles. The molecule has 0 aromatic heterocycles. The van der Waals surface area contributed by atoms with E-state index in [1.165, 1.54) is 69.8 Å². The van der Waals surface area contributed by atoms with Gasteiger partial charge in [0.2, 0.25) is 10.0 Å². The quantitative estimate of drug-likeness (QED) is 0.517. The van der Waals surface area contributed by atoms with E-state index in [0.717, 1.165) is 12.0 Å². The van der Waals surface area contributed by atoms with Gasteiger partial charge in [-0.3, -0.25) is 0 Å². The standard InChI is InChI=1S/C19H33NO2S/c1-2-3-4-5-6-7-8-9-10-11-12-18-13-15-19(16-14-18)17-23(20,21)22/h13-16H,2-12,17H2,1H3,(H2,20,21,22). The Hall–Kier alpha value is -0.870. The number of primary sulfonamides is 1. The highest BCUT2D eigenvalue weighted by Gasteiger charge is 2.04. The second kappa shape index (κ2) is 11.6. The molecular formula is C19H33NO2S. The van der Waals surface area contributed by atoms with Crippen molar-refractivity contribution in [3.63, 3.8) is 0 Å². The number of sulfonamides is 1. The van der Waals surface area contributed by atoms with Crippen LogP contribution in [0.5, 0.6) is 0 Å². The van der Waals surface area contributed by atoms with Crippen LogP contribution in [-0.4, -0.2) is 8.42 Å². The number of aryl methyl sites for hydroxylation is 1. The zero-order valence-electron chi connectivity index (χ0n) is 14.6. The maximum atomic E-state index is 11.0. The number of benzene rings is 1. The van der Waals surface area contributed by atoms with E-state index in [1.54, 1.807) is 0 Å². The van der Waals surface area contributed by atoms with E-state index >= 15 is 0 Å². The molecule has 0 atom stereocenters. The van der Waals surface area contributed by atoms with Crippen molar-refractivity contribution in [1.82, 2.24) is 0 Å². The Morgan fingerprint density at radius 2 is 1.17 bits per heavy atom. The van der Waals surface area contributed by atoms with Crippen LogP contribution >= 0.6 is 0 Å². The largest absolute Gasteiger partial charge is 0.228 e. The van der Waals surface area contributed by atoms with E-state index in [9.17, 15) is 8.42 Å². The molecule has 2 N–H and O–H groups in total. The molecule has 0 aliphatic rings. The van der Waals surface area contributed by atoms with E-state index in [-0.39, 0.29) is 5.75 Å². The zero-order valence-corrected chi connectivity index (χ0v) is 15.4. The maximum absolute atomic E-state index is 11.0. The van der Waals surface area contributed by atoms with Gasteiger partial charge in [0.15, 0.2) is 0 Å². The van der Waals surface area contributed by atoms with Crippen molar-refractivity contribution in [2.24, 2.45) is 5.14 Å². The minimum Gasteiger partial charge on any atom is -0.228 e. The van der Waals surface area contributed by atoms with Gasteiger partial charge in [0, 0.05) is 0 Å². The number of hydrogen-bond acceptors (Lipinski definition) is 2. The normalized spacial score (nSPS) is 11.7. The Morgan fingerprint density at radius 3 is 1.65 bits per heavy atom. The van der Waals surface area contributed by atoms with E-state index in [2.05, 4.69) is 6.92 Å². The van der Waals surface area contributed by atoms with Crippen molar-refractivity contribution in [2.45, 2.75) is 83.3 Å². The SMILES string of the molecule is CCCCCCCCCCCCc1ccc(CS(N)(=O)=O)cc1. The van der Waals surface area contributed by atoms with Gasteiger partial charge in [-0.05, 0) is 24.0 Å². The highest BCUT2D eigenvalue weighted by Crippen LogP contribution is 2.13. The van der Waals surface area contributed by atoms with E-state index in [0.29, 0.717) is 0 Å². The van der Waals surface area contributed by atoms with Gasteiger partial charge in [-0.1, -0.05) is 89.0 Å². The van der Waals surface area contributed by atoms with Crippen molar-refractivity contribution in [2.75, 3.05) is 0 Å². The fraction of sp³-hybridized carbons (Fsp3) is 0.684. The van der Waals surface area contributed by atoms with Crippen LogP contribution in [0.15, 0.2) is 24.3 Å². The molecule has 0 bridgehead atoms. The fourth-order valence-electron chi connectivity index (χ4n) is 2.85. The second-order valence-corrected chi connectivity index (χ2v) is 8.17. The summed E-state index contributed by atoms with van der Waals surface area (Å²) in [6, 6.07) is 7.79. The molecule has 4 heteroatoms. The van der Waals surface area contributed by atoms with E-state index in [1.807, 2.05) is 24.3 Å². The highest BCUT2D eigenvalue weighted by molar-refractivity contribution is 7.88. The lowest BCUT2D eigenvalue weighted by molar-refractivity contribution is 0.556. The lowest BCUT2D eigenvalue weighted by Gasteiger charge is -2.04. The minimum absolute atomic E-state index is 0.0778. The molecule has 1 rings (SSSR count). The third-order valence-electron chi connectivity index (χ3n) is 4.21. The average Bonchev–Trinajstić information content (AvgIpc) is 2.49. The Morgan fingerprint density at radius 1 is 0.739 bits per heavy atom. The first-order valence-electron chi connectivity index (χ1n) is 9.09. The molecule has 23 heavy (non-hydrogen) atoms. The number of rotatable bonds is 13. The molecule has 3 nitrogen and oxygen atoms in total. The summed E-state index contributed by atoms with van der Waals surface area (Å²) >= 11 is 0. The fourth-order valence-corrected chi connectivity index (χ4v) is 3.51. The summed E-state index contributed by atoms with van der Waals surface area (Å²) in [6.45, 7) is 2.26. The van der Waals surface area contributed by atoms with Crippen LogP contribution in [0.2, 0.25) is 0 Å². The second-order valence-electron chi connectivity index (χ2n) is 6.56. The first kappa shape index (κ1) is 20.2. The summed E-state index contributed by atoms with van der Waals surface area (Å²) in [6.07, 6.45) is 14.5. The predicted octanol–water partition coefficient (Wildman–Crippen LogP) is 4.94. The number of nitrogens with two attached hydrogens (primary N) is 1. The maximum Gasteiger partial charge on any atom is 0.213 e. The molecular weight excluding hydrogens is 306 g/mol. The van der Waals surface area contributed by atoms with Crippen molar-refractivity contribution in [3.8, 4) is 0 Å². The van der Waals surface area contributed by atoms with Gasteiger partial charge in [0.25, 0.3) is 0 Å². The summed E-state index contributed by atoms with van der Waals surface area (Å²) in [5.41, 5.74) is 2.04. The Balaban J connectivity index is 2.05. The van der Waals surface area contributed by atoms with Crippen LogP contribution in [0.4, 0.5) is 0 Å². The lowest BCUT2D eigenvalue weighted by atomic mass is 10.0. The number of unbranched alkanes of at least 4 members (excludes halogenated alkanes) is 9. The Labute approximate surface area is 142 Å². The van der Waals surface area contributed by atoms with Crippen molar-refractivity contribution >= 4 is 10.0 Å². The van der Waals surface area contributed by atoms with Crippen LogP contribution < -0.4 is 5.14 Å².